The van der Waals surface area contributed by atoms with Crippen molar-refractivity contribution >= 4 is 19.1 Å². The fourth-order valence-corrected chi connectivity index (χ4v) is 2.95. The number of phenols is 1. The van der Waals surface area contributed by atoms with Crippen molar-refractivity contribution in [2.24, 2.45) is 5.73 Å². The Morgan fingerprint density at radius 2 is 1.96 bits per heavy atom. The largest absolute Gasteiger partial charge is 0.507 e. The summed E-state index contributed by atoms with van der Waals surface area (Å²) in [5.74, 6) is -2.76. The standard InChI is InChI=1S/C16H23BN2O8/c18-10(5-13(20)21)6-19-7-11(8-19)27-12-2-1-9(3-4-17(25)26)15(22)14(12)16(23)24/h1-2,10-11,22,25-26H,3-8,18H2,(H,20,21)(H,23,24)/t10-/m1/s1. The molecule has 10 nitrogen and oxygen atoms in total. The molecule has 1 aromatic rings. The monoisotopic (exact) mass is 382 g/mol. The summed E-state index contributed by atoms with van der Waals surface area (Å²) >= 11 is 0. The first-order chi connectivity index (χ1) is 12.7. The summed E-state index contributed by atoms with van der Waals surface area (Å²) in [5, 5.41) is 46.1. The smallest absolute Gasteiger partial charge is 0.451 e. The number of aryl methyl sites for hydroxylation is 1. The Labute approximate surface area is 155 Å². The van der Waals surface area contributed by atoms with Gasteiger partial charge >= 0.3 is 19.1 Å². The molecule has 0 amide bonds. The van der Waals surface area contributed by atoms with E-state index in [2.05, 4.69) is 0 Å². The van der Waals surface area contributed by atoms with E-state index < -0.39 is 30.8 Å². The number of likely N-dealkylation sites (tertiary alicyclic amines) is 1. The Bertz CT molecular complexity index is 693. The number of rotatable bonds is 10. The van der Waals surface area contributed by atoms with Crippen molar-refractivity contribution in [1.29, 1.82) is 0 Å². The molecule has 2 rings (SSSR count). The fourth-order valence-electron chi connectivity index (χ4n) is 2.95. The predicted octanol–water partition coefficient (Wildman–Crippen LogP) is -1.03. The molecule has 0 unspecified atom stereocenters. The van der Waals surface area contributed by atoms with Gasteiger partial charge in [-0.15, -0.1) is 0 Å². The van der Waals surface area contributed by atoms with E-state index in [1.807, 2.05) is 4.90 Å². The number of aliphatic carboxylic acids is 1. The highest BCUT2D eigenvalue weighted by atomic mass is 16.5. The van der Waals surface area contributed by atoms with Crippen LogP contribution in [0.5, 0.6) is 11.5 Å². The van der Waals surface area contributed by atoms with Crippen molar-refractivity contribution in [3.8, 4) is 11.5 Å². The molecular formula is C16H23BN2O8. The number of nitrogens with two attached hydrogens (primary N) is 1. The minimum absolute atomic E-state index is 0.0211. The van der Waals surface area contributed by atoms with Gasteiger partial charge in [0.2, 0.25) is 0 Å². The topological polar surface area (TPSA) is 174 Å². The van der Waals surface area contributed by atoms with Gasteiger partial charge in [0.05, 0.1) is 6.42 Å². The summed E-state index contributed by atoms with van der Waals surface area (Å²) in [4.78, 5) is 24.0. The van der Waals surface area contributed by atoms with E-state index in [0.717, 1.165) is 0 Å². The number of hydrogen-bond donors (Lipinski definition) is 6. The van der Waals surface area contributed by atoms with E-state index in [1.165, 1.54) is 12.1 Å². The number of ether oxygens (including phenoxy) is 1. The van der Waals surface area contributed by atoms with Gasteiger partial charge in [-0.25, -0.2) is 4.79 Å². The Kier molecular flexibility index (Phi) is 7.02. The zero-order valence-electron chi connectivity index (χ0n) is 14.6. The molecule has 1 saturated heterocycles. The van der Waals surface area contributed by atoms with E-state index in [9.17, 15) is 19.8 Å². The minimum Gasteiger partial charge on any atom is -0.507 e. The minimum atomic E-state index is -1.55. The highest BCUT2D eigenvalue weighted by Crippen LogP contribution is 2.33. The summed E-state index contributed by atoms with van der Waals surface area (Å²) in [5.41, 5.74) is 5.63. The van der Waals surface area contributed by atoms with Gasteiger partial charge in [0.1, 0.15) is 23.2 Å². The normalized spacial score (nSPS) is 15.8. The Morgan fingerprint density at radius 3 is 2.52 bits per heavy atom. The molecular weight excluding hydrogens is 359 g/mol. The Balaban J connectivity index is 1.98. The van der Waals surface area contributed by atoms with Crippen LogP contribution in [0.4, 0.5) is 0 Å². The molecule has 0 aromatic heterocycles. The van der Waals surface area contributed by atoms with E-state index in [0.29, 0.717) is 19.6 Å². The molecule has 1 atom stereocenters. The van der Waals surface area contributed by atoms with Gasteiger partial charge in [-0.1, -0.05) is 6.07 Å². The lowest BCUT2D eigenvalue weighted by atomic mass is 9.82. The second-order valence-electron chi connectivity index (χ2n) is 6.59. The molecule has 1 fully saturated rings. The van der Waals surface area contributed by atoms with Crippen molar-refractivity contribution < 1.29 is 39.7 Å². The quantitative estimate of drug-likeness (QED) is 0.275. The van der Waals surface area contributed by atoms with Crippen molar-refractivity contribution in [3.05, 3.63) is 23.3 Å². The number of aromatic carboxylic acids is 1. The van der Waals surface area contributed by atoms with Crippen LogP contribution in [0.1, 0.15) is 22.3 Å². The predicted molar refractivity (Wildman–Crippen MR) is 94.9 cm³/mol. The number of nitrogens with zero attached hydrogens (tertiary/aromatic N) is 1. The van der Waals surface area contributed by atoms with Crippen LogP contribution >= 0.6 is 0 Å². The number of benzene rings is 1. The van der Waals surface area contributed by atoms with Crippen molar-refractivity contribution in [2.75, 3.05) is 19.6 Å². The molecule has 1 aliphatic rings. The lowest BCUT2D eigenvalue weighted by molar-refractivity contribution is -0.137. The van der Waals surface area contributed by atoms with Crippen LogP contribution in [0.15, 0.2) is 12.1 Å². The molecule has 0 saturated carbocycles. The van der Waals surface area contributed by atoms with Gasteiger partial charge in [-0.2, -0.15) is 0 Å². The molecule has 1 aromatic carbocycles. The second-order valence-corrected chi connectivity index (χ2v) is 6.59. The first kappa shape index (κ1) is 21.0. The number of carboxylic acids is 2. The first-order valence-corrected chi connectivity index (χ1v) is 8.48. The molecule has 1 aliphatic heterocycles. The molecule has 0 radical (unpaired) electrons. The van der Waals surface area contributed by atoms with Gasteiger partial charge < -0.3 is 35.8 Å². The maximum Gasteiger partial charge on any atom is 0.451 e. The molecule has 0 aliphatic carbocycles. The highest BCUT2D eigenvalue weighted by Gasteiger charge is 2.32. The number of carbonyl (C=O) groups is 2. The average Bonchev–Trinajstić information content (AvgIpc) is 2.50. The van der Waals surface area contributed by atoms with E-state index in [1.54, 1.807) is 0 Å². The molecule has 27 heavy (non-hydrogen) atoms. The molecule has 0 spiro atoms. The van der Waals surface area contributed by atoms with Crippen molar-refractivity contribution in [3.63, 3.8) is 0 Å². The van der Waals surface area contributed by atoms with Crippen LogP contribution in [0.25, 0.3) is 0 Å². The van der Waals surface area contributed by atoms with Gasteiger partial charge in [0.15, 0.2) is 0 Å². The van der Waals surface area contributed by atoms with Crippen LogP contribution in [0.2, 0.25) is 6.32 Å². The Hall–Kier alpha value is -2.34. The summed E-state index contributed by atoms with van der Waals surface area (Å²) in [6.07, 6.45) is -0.378. The molecule has 7 N–H and O–H groups in total. The highest BCUT2D eigenvalue weighted by molar-refractivity contribution is 6.41. The molecule has 148 valence electrons. The van der Waals surface area contributed by atoms with Crippen LogP contribution in [-0.2, 0) is 11.2 Å². The van der Waals surface area contributed by atoms with Crippen molar-refractivity contribution in [2.45, 2.75) is 31.3 Å². The third-order valence-corrected chi connectivity index (χ3v) is 4.26. The third kappa shape index (κ3) is 5.83. The maximum absolute atomic E-state index is 11.5. The molecule has 0 bridgehead atoms. The zero-order valence-corrected chi connectivity index (χ0v) is 14.6. The summed E-state index contributed by atoms with van der Waals surface area (Å²) in [6.45, 7) is 1.32. The van der Waals surface area contributed by atoms with Crippen molar-refractivity contribution in [1.82, 2.24) is 4.90 Å². The van der Waals surface area contributed by atoms with E-state index in [4.69, 9.17) is 25.6 Å². The fraction of sp³-hybridized carbons (Fsp3) is 0.500. The van der Waals surface area contributed by atoms with Gasteiger partial charge in [0.25, 0.3) is 0 Å². The maximum atomic E-state index is 11.5. The number of carboxylic acid groups (broad SMARTS) is 2. The number of aromatic hydroxyl groups is 1. The second kappa shape index (κ2) is 9.04. The van der Waals surface area contributed by atoms with Crippen LogP contribution < -0.4 is 10.5 Å². The Morgan fingerprint density at radius 1 is 1.30 bits per heavy atom. The first-order valence-electron chi connectivity index (χ1n) is 8.48. The van der Waals surface area contributed by atoms with Gasteiger partial charge in [0, 0.05) is 25.7 Å². The zero-order chi connectivity index (χ0) is 20.1. The summed E-state index contributed by atoms with van der Waals surface area (Å²) in [7, 11) is -1.55. The lowest BCUT2D eigenvalue weighted by Crippen LogP contribution is -2.57. The molecule has 1 heterocycles. The molecule has 11 heteroatoms. The van der Waals surface area contributed by atoms with Crippen LogP contribution in [0, 0.1) is 0 Å². The lowest BCUT2D eigenvalue weighted by Gasteiger charge is -2.40. The third-order valence-electron chi connectivity index (χ3n) is 4.26. The average molecular weight is 382 g/mol. The van der Waals surface area contributed by atoms with Crippen LogP contribution in [-0.4, -0.2) is 81.1 Å². The summed E-state index contributed by atoms with van der Waals surface area (Å²) < 4.78 is 5.66. The van der Waals surface area contributed by atoms with Gasteiger partial charge in [-0.3, -0.25) is 9.69 Å². The number of hydrogen-bond acceptors (Lipinski definition) is 8. The van der Waals surface area contributed by atoms with Gasteiger partial charge in [-0.05, 0) is 24.4 Å². The SMILES string of the molecule is N[C@H](CC(=O)O)CN1CC(Oc2ccc(CCB(O)O)c(O)c2C(=O)O)C1. The van der Waals surface area contributed by atoms with E-state index in [-0.39, 0.29) is 42.1 Å². The summed E-state index contributed by atoms with van der Waals surface area (Å²) in [6, 6.07) is 2.42. The van der Waals surface area contributed by atoms with E-state index >= 15 is 0 Å². The van der Waals surface area contributed by atoms with Crippen LogP contribution in [0.3, 0.4) is 0 Å².